The number of likely N-dealkylation sites (tertiary alicyclic amines) is 2. The fourth-order valence-electron chi connectivity index (χ4n) is 4.48. The number of hydrogen-bond acceptors (Lipinski definition) is 4. The molecule has 1 saturated carbocycles. The summed E-state index contributed by atoms with van der Waals surface area (Å²) < 4.78 is 6.04. The van der Waals surface area contributed by atoms with Crippen LogP contribution < -0.4 is 0 Å². The number of amides is 1. The number of carbonyl (C=O) groups excluding carboxylic acids is 1. The SMILES string of the molecule is CN1CC(COCC2CC2)C2(CCN(C(=O)c3ccsc3)CC2)C1. The highest BCUT2D eigenvalue weighted by Crippen LogP contribution is 2.44. The van der Waals surface area contributed by atoms with Crippen molar-refractivity contribution in [1.29, 1.82) is 0 Å². The van der Waals surface area contributed by atoms with Gasteiger partial charge in [0.25, 0.3) is 5.91 Å². The van der Waals surface area contributed by atoms with E-state index in [4.69, 9.17) is 4.74 Å². The molecule has 2 aliphatic heterocycles. The van der Waals surface area contributed by atoms with Crippen molar-refractivity contribution in [1.82, 2.24) is 9.80 Å². The fourth-order valence-corrected chi connectivity index (χ4v) is 5.11. The van der Waals surface area contributed by atoms with Crippen molar-refractivity contribution >= 4 is 17.2 Å². The van der Waals surface area contributed by atoms with Crippen molar-refractivity contribution < 1.29 is 9.53 Å². The van der Waals surface area contributed by atoms with Crippen LogP contribution >= 0.6 is 11.3 Å². The predicted molar refractivity (Wildman–Crippen MR) is 96.4 cm³/mol. The second kappa shape index (κ2) is 6.77. The number of rotatable bonds is 5. The average Bonchev–Trinajstić information content (AvgIpc) is 3.14. The third kappa shape index (κ3) is 3.39. The maximum Gasteiger partial charge on any atom is 0.254 e. The summed E-state index contributed by atoms with van der Waals surface area (Å²) in [4.78, 5) is 17.1. The molecule has 0 radical (unpaired) electrons. The molecule has 1 aromatic rings. The van der Waals surface area contributed by atoms with E-state index in [0.29, 0.717) is 11.3 Å². The Hall–Kier alpha value is -0.910. The summed E-state index contributed by atoms with van der Waals surface area (Å²) in [6.07, 6.45) is 4.94. The van der Waals surface area contributed by atoms with Crippen LogP contribution in [-0.4, -0.2) is 62.1 Å². The third-order valence-electron chi connectivity index (χ3n) is 6.17. The van der Waals surface area contributed by atoms with Gasteiger partial charge in [0.2, 0.25) is 0 Å². The van der Waals surface area contributed by atoms with E-state index in [0.717, 1.165) is 63.7 Å². The highest BCUT2D eigenvalue weighted by molar-refractivity contribution is 7.08. The summed E-state index contributed by atoms with van der Waals surface area (Å²) >= 11 is 1.60. The third-order valence-corrected chi connectivity index (χ3v) is 6.85. The first kappa shape index (κ1) is 16.6. The van der Waals surface area contributed by atoms with Crippen LogP contribution in [0.1, 0.15) is 36.0 Å². The molecule has 3 fully saturated rings. The van der Waals surface area contributed by atoms with Crippen molar-refractivity contribution in [3.8, 4) is 0 Å². The van der Waals surface area contributed by atoms with Crippen LogP contribution in [0, 0.1) is 17.3 Å². The molecular formula is C19H28N2O2S. The lowest BCUT2D eigenvalue weighted by Crippen LogP contribution is -2.47. The topological polar surface area (TPSA) is 32.8 Å². The first-order valence-corrected chi connectivity index (χ1v) is 10.2. The van der Waals surface area contributed by atoms with Crippen LogP contribution in [0.4, 0.5) is 0 Å². The molecule has 0 N–H and O–H groups in total. The van der Waals surface area contributed by atoms with E-state index in [-0.39, 0.29) is 5.91 Å². The van der Waals surface area contributed by atoms with Crippen molar-refractivity contribution in [2.75, 3.05) is 46.4 Å². The highest BCUT2D eigenvalue weighted by Gasteiger charge is 2.47. The lowest BCUT2D eigenvalue weighted by Gasteiger charge is -2.42. The molecule has 1 spiro atoms. The quantitative estimate of drug-likeness (QED) is 0.820. The Bertz CT molecular complexity index is 562. The first-order valence-electron chi connectivity index (χ1n) is 9.24. The molecule has 1 atom stereocenters. The summed E-state index contributed by atoms with van der Waals surface area (Å²) in [5, 5.41) is 3.95. The zero-order valence-electron chi connectivity index (χ0n) is 14.6. The van der Waals surface area contributed by atoms with Crippen LogP contribution in [0.3, 0.4) is 0 Å². The smallest absolute Gasteiger partial charge is 0.254 e. The minimum Gasteiger partial charge on any atom is -0.381 e. The molecule has 1 aliphatic carbocycles. The summed E-state index contributed by atoms with van der Waals surface area (Å²) in [5.74, 6) is 1.67. The molecule has 0 aromatic carbocycles. The lowest BCUT2D eigenvalue weighted by molar-refractivity contribution is 0.0180. The summed E-state index contributed by atoms with van der Waals surface area (Å²) in [7, 11) is 2.23. The first-order chi connectivity index (χ1) is 11.7. The van der Waals surface area contributed by atoms with Gasteiger partial charge in [-0.1, -0.05) is 0 Å². The highest BCUT2D eigenvalue weighted by atomic mass is 32.1. The minimum atomic E-state index is 0.207. The largest absolute Gasteiger partial charge is 0.381 e. The molecule has 132 valence electrons. The van der Waals surface area contributed by atoms with E-state index in [1.807, 2.05) is 21.7 Å². The van der Waals surface area contributed by atoms with Gasteiger partial charge in [-0.15, -0.1) is 0 Å². The maximum absolute atomic E-state index is 12.6. The van der Waals surface area contributed by atoms with E-state index in [1.54, 1.807) is 11.3 Å². The molecular weight excluding hydrogens is 320 g/mol. The number of carbonyl (C=O) groups is 1. The van der Waals surface area contributed by atoms with Crippen molar-refractivity contribution in [3.05, 3.63) is 22.4 Å². The predicted octanol–water partition coefficient (Wildman–Crippen LogP) is 2.96. The van der Waals surface area contributed by atoms with Crippen molar-refractivity contribution in [2.45, 2.75) is 25.7 Å². The van der Waals surface area contributed by atoms with Gasteiger partial charge >= 0.3 is 0 Å². The molecule has 0 bridgehead atoms. The van der Waals surface area contributed by atoms with E-state index in [2.05, 4.69) is 11.9 Å². The van der Waals surface area contributed by atoms with Crippen molar-refractivity contribution in [2.24, 2.45) is 17.3 Å². The molecule has 3 heterocycles. The van der Waals surface area contributed by atoms with Crippen LogP contribution in [0.25, 0.3) is 0 Å². The Morgan fingerprint density at radius 2 is 2.12 bits per heavy atom. The summed E-state index contributed by atoms with van der Waals surface area (Å²) in [6.45, 7) is 5.94. The molecule has 24 heavy (non-hydrogen) atoms. The van der Waals surface area contributed by atoms with Crippen molar-refractivity contribution in [3.63, 3.8) is 0 Å². The Labute approximate surface area is 148 Å². The van der Waals surface area contributed by atoms with Crippen LogP contribution in [0.5, 0.6) is 0 Å². The number of thiophene rings is 1. The molecule has 4 rings (SSSR count). The number of hydrogen-bond donors (Lipinski definition) is 0. The van der Waals surface area contributed by atoms with E-state index in [1.165, 1.54) is 12.8 Å². The second-order valence-electron chi connectivity index (χ2n) is 8.04. The van der Waals surface area contributed by atoms with Gasteiger partial charge in [0, 0.05) is 44.1 Å². The monoisotopic (exact) mass is 348 g/mol. The maximum atomic E-state index is 12.6. The number of ether oxygens (including phenoxy) is 1. The van der Waals surface area contributed by atoms with Gasteiger partial charge in [-0.3, -0.25) is 4.79 Å². The van der Waals surface area contributed by atoms with Gasteiger partial charge < -0.3 is 14.5 Å². The Kier molecular flexibility index (Phi) is 4.67. The van der Waals surface area contributed by atoms with Gasteiger partial charge in [0.05, 0.1) is 12.2 Å². The summed E-state index contributed by atoms with van der Waals surface area (Å²) in [6, 6.07) is 1.94. The van der Waals surface area contributed by atoms with E-state index < -0.39 is 0 Å². The molecule has 3 aliphatic rings. The fraction of sp³-hybridized carbons (Fsp3) is 0.737. The molecule has 4 nitrogen and oxygen atoms in total. The normalized spacial score (nSPS) is 27.0. The van der Waals surface area contributed by atoms with Gasteiger partial charge in [-0.25, -0.2) is 0 Å². The second-order valence-corrected chi connectivity index (χ2v) is 8.82. The summed E-state index contributed by atoms with van der Waals surface area (Å²) in [5.41, 5.74) is 1.20. The zero-order chi connectivity index (χ0) is 16.6. The van der Waals surface area contributed by atoms with Gasteiger partial charge in [0.1, 0.15) is 0 Å². The Balaban J connectivity index is 1.35. The molecule has 1 amide bonds. The minimum absolute atomic E-state index is 0.207. The average molecular weight is 349 g/mol. The lowest BCUT2D eigenvalue weighted by atomic mass is 9.71. The zero-order valence-corrected chi connectivity index (χ0v) is 15.4. The molecule has 5 heteroatoms. The van der Waals surface area contributed by atoms with Crippen LogP contribution in [0.2, 0.25) is 0 Å². The Morgan fingerprint density at radius 1 is 1.33 bits per heavy atom. The number of piperidine rings is 1. The van der Waals surface area contributed by atoms with Gasteiger partial charge in [-0.05, 0) is 55.5 Å². The van der Waals surface area contributed by atoms with Gasteiger partial charge in [0.15, 0.2) is 0 Å². The van der Waals surface area contributed by atoms with Crippen LogP contribution in [-0.2, 0) is 4.74 Å². The van der Waals surface area contributed by atoms with E-state index in [9.17, 15) is 4.79 Å². The van der Waals surface area contributed by atoms with Crippen LogP contribution in [0.15, 0.2) is 16.8 Å². The van der Waals surface area contributed by atoms with Gasteiger partial charge in [-0.2, -0.15) is 11.3 Å². The molecule has 2 saturated heterocycles. The number of nitrogens with zero attached hydrogens (tertiary/aromatic N) is 2. The molecule has 1 unspecified atom stereocenters. The standard InChI is InChI=1S/C19H28N2O2S/c1-20-10-17(12-23-11-15-2-3-15)19(14-20)5-7-21(8-6-19)18(22)16-4-9-24-13-16/h4,9,13,15,17H,2-3,5-8,10-12,14H2,1H3. The van der Waals surface area contributed by atoms with E-state index >= 15 is 0 Å². The molecule has 1 aromatic heterocycles. The Morgan fingerprint density at radius 3 is 2.79 bits per heavy atom.